The molecule has 0 unspecified atom stereocenters. The number of aryl methyl sites for hydroxylation is 1. The van der Waals surface area contributed by atoms with Crippen molar-refractivity contribution in [1.29, 1.82) is 0 Å². The van der Waals surface area contributed by atoms with E-state index >= 15 is 0 Å². The fourth-order valence-corrected chi connectivity index (χ4v) is 2.55. The topological polar surface area (TPSA) is 128 Å². The van der Waals surface area contributed by atoms with Crippen molar-refractivity contribution in [1.82, 2.24) is 0 Å². The molecule has 8 heteroatoms. The van der Waals surface area contributed by atoms with Gasteiger partial charge in [0.1, 0.15) is 10.5 Å². The zero-order chi connectivity index (χ0) is 15.1. The first-order valence-corrected chi connectivity index (χ1v) is 6.88. The second-order valence-electron chi connectivity index (χ2n) is 4.18. The van der Waals surface area contributed by atoms with Gasteiger partial charge in [-0.25, -0.2) is 4.79 Å². The van der Waals surface area contributed by atoms with E-state index in [9.17, 15) is 18.0 Å². The Morgan fingerprint density at radius 3 is 2.60 bits per heavy atom. The molecule has 0 saturated carbocycles. The van der Waals surface area contributed by atoms with Crippen LogP contribution in [0.3, 0.4) is 0 Å². The van der Waals surface area contributed by atoms with Crippen LogP contribution < -0.4 is 11.4 Å². The summed E-state index contributed by atoms with van der Waals surface area (Å²) in [4.78, 5) is 21.6. The van der Waals surface area contributed by atoms with Gasteiger partial charge in [0.2, 0.25) is 0 Å². The van der Waals surface area contributed by atoms with Gasteiger partial charge in [-0.05, 0) is 18.6 Å². The Labute approximate surface area is 113 Å². The number of nitrogen functional groups attached to an aromatic ring is 1. The smallest absolute Gasteiger partial charge is 0.337 e. The third kappa shape index (κ3) is 2.30. The Morgan fingerprint density at radius 1 is 1.40 bits per heavy atom. The maximum atomic E-state index is 11.7. The Morgan fingerprint density at radius 2 is 2.05 bits per heavy atom. The molecule has 0 aliphatic carbocycles. The fraction of sp³-hybridized carbons (Fsp3) is 0.167. The van der Waals surface area contributed by atoms with Gasteiger partial charge in [-0.1, -0.05) is 0 Å². The van der Waals surface area contributed by atoms with Gasteiger partial charge in [0.05, 0.1) is 5.69 Å². The van der Waals surface area contributed by atoms with Gasteiger partial charge in [0.25, 0.3) is 10.1 Å². The van der Waals surface area contributed by atoms with E-state index in [4.69, 9.17) is 14.7 Å². The van der Waals surface area contributed by atoms with Crippen molar-refractivity contribution in [2.24, 2.45) is 0 Å². The minimum Gasteiger partial charge on any atom is -0.541 e. The predicted octanol–water partition coefficient (Wildman–Crippen LogP) is 0.583. The van der Waals surface area contributed by atoms with E-state index in [2.05, 4.69) is 0 Å². The highest BCUT2D eigenvalue weighted by Crippen LogP contribution is 2.27. The van der Waals surface area contributed by atoms with Gasteiger partial charge in [-0.2, -0.15) is 8.42 Å². The van der Waals surface area contributed by atoms with Gasteiger partial charge in [-0.15, -0.1) is 6.42 Å². The molecule has 0 saturated heterocycles. The molecule has 0 radical (unpaired) electrons. The van der Waals surface area contributed by atoms with Crippen LogP contribution in [0.1, 0.15) is 11.1 Å². The molecule has 3 N–H and O–H groups in total. The van der Waals surface area contributed by atoms with Crippen LogP contribution in [0.15, 0.2) is 26.2 Å². The average molecular weight is 296 g/mol. The lowest BCUT2D eigenvalue weighted by atomic mass is 10.0. The second-order valence-corrected chi connectivity index (χ2v) is 5.57. The van der Waals surface area contributed by atoms with Crippen molar-refractivity contribution in [2.45, 2.75) is 18.2 Å². The standard InChI is InChI=1S/C12H10NO6S/c1-6-7(2-3-14)12(15)19-10-5-9(13)11(4-8(6)10)20(16,17)18/h4-5H,2,13H2,1H3,(H,16,17,18)/q-1. The van der Waals surface area contributed by atoms with Gasteiger partial charge in [0, 0.05) is 17.0 Å². The Kier molecular flexibility index (Phi) is 3.36. The lowest BCUT2D eigenvalue weighted by Gasteiger charge is -2.10. The molecule has 106 valence electrons. The maximum Gasteiger partial charge on any atom is 0.337 e. The molecule has 1 aromatic heterocycles. The Hall–Kier alpha value is -2.19. The van der Waals surface area contributed by atoms with E-state index in [0.29, 0.717) is 5.56 Å². The molecule has 0 fully saturated rings. The van der Waals surface area contributed by atoms with Crippen molar-refractivity contribution in [3.63, 3.8) is 0 Å². The van der Waals surface area contributed by atoms with Crippen LogP contribution in [-0.4, -0.2) is 19.3 Å². The number of rotatable bonds is 3. The van der Waals surface area contributed by atoms with Gasteiger partial charge in [-0.3, -0.25) is 10.8 Å². The van der Waals surface area contributed by atoms with Crippen LogP contribution in [0.5, 0.6) is 0 Å². The van der Waals surface area contributed by atoms with E-state index in [0.717, 1.165) is 12.1 Å². The summed E-state index contributed by atoms with van der Waals surface area (Å²) in [6, 6.07) is 2.24. The highest BCUT2D eigenvalue weighted by atomic mass is 32.2. The molecule has 0 atom stereocenters. The number of benzene rings is 1. The Balaban J connectivity index is 2.93. The molecule has 0 spiro atoms. The number of carbonyl (C=O) groups excluding carboxylic acids is 1. The van der Waals surface area contributed by atoms with Crippen LogP contribution in [0.2, 0.25) is 0 Å². The summed E-state index contributed by atoms with van der Waals surface area (Å²) in [6.07, 6.45) is 1.32. The summed E-state index contributed by atoms with van der Waals surface area (Å²) in [5.41, 5.74) is 5.09. The summed E-state index contributed by atoms with van der Waals surface area (Å²) >= 11 is 0. The van der Waals surface area contributed by atoms with Crippen LogP contribution in [0.4, 0.5) is 5.69 Å². The summed E-state index contributed by atoms with van der Waals surface area (Å²) in [7, 11) is -4.50. The minimum absolute atomic E-state index is 0.0760. The number of nitrogens with two attached hydrogens (primary N) is 1. The van der Waals surface area contributed by atoms with Crippen LogP contribution in [0, 0.1) is 6.92 Å². The fourth-order valence-electron chi connectivity index (χ4n) is 1.93. The molecule has 1 heterocycles. The molecular weight excluding hydrogens is 286 g/mol. The number of anilines is 1. The quantitative estimate of drug-likeness (QED) is 0.367. The van der Waals surface area contributed by atoms with Gasteiger partial charge in [0.15, 0.2) is 0 Å². The molecule has 1 aromatic carbocycles. The Bertz CT molecular complexity index is 866. The summed E-state index contributed by atoms with van der Waals surface area (Å²) in [5.74, 6) is 0. The zero-order valence-corrected chi connectivity index (χ0v) is 11.2. The monoisotopic (exact) mass is 296 g/mol. The SMILES string of the molecule is Cc1c(C[C-]=O)c(=O)oc2cc(N)c(S(=O)(=O)O)cc12. The largest absolute Gasteiger partial charge is 0.541 e. The molecule has 0 aliphatic rings. The van der Waals surface area contributed by atoms with Crippen LogP contribution in [-0.2, 0) is 21.3 Å². The van der Waals surface area contributed by atoms with E-state index in [-0.39, 0.29) is 28.6 Å². The number of hydrogen-bond acceptors (Lipinski definition) is 6. The van der Waals surface area contributed by atoms with E-state index in [1.54, 1.807) is 6.29 Å². The van der Waals surface area contributed by atoms with Gasteiger partial charge < -0.3 is 14.9 Å². The van der Waals surface area contributed by atoms with E-state index in [1.807, 2.05) is 0 Å². The van der Waals surface area contributed by atoms with Crippen molar-refractivity contribution >= 4 is 33.1 Å². The molecule has 0 bridgehead atoms. The third-order valence-corrected chi connectivity index (χ3v) is 3.85. The van der Waals surface area contributed by atoms with Crippen molar-refractivity contribution < 1.29 is 22.2 Å². The lowest BCUT2D eigenvalue weighted by molar-refractivity contribution is 0.483. The molecule has 7 nitrogen and oxygen atoms in total. The molecule has 20 heavy (non-hydrogen) atoms. The van der Waals surface area contributed by atoms with Crippen LogP contribution >= 0.6 is 0 Å². The predicted molar refractivity (Wildman–Crippen MR) is 70.8 cm³/mol. The lowest BCUT2D eigenvalue weighted by Crippen LogP contribution is -2.12. The van der Waals surface area contributed by atoms with Crippen molar-refractivity contribution in [3.05, 3.63) is 33.7 Å². The highest BCUT2D eigenvalue weighted by molar-refractivity contribution is 7.86. The third-order valence-electron chi connectivity index (χ3n) is 2.94. The summed E-state index contributed by atoms with van der Waals surface area (Å²) in [5, 5.41) is 0.275. The molecule has 2 aromatic rings. The molecule has 0 aliphatic heterocycles. The second kappa shape index (κ2) is 4.73. The minimum atomic E-state index is -4.50. The zero-order valence-electron chi connectivity index (χ0n) is 10.3. The first kappa shape index (κ1) is 14.2. The molecule has 2 rings (SSSR count). The maximum absolute atomic E-state index is 11.7. The molecule has 0 amide bonds. The summed E-state index contributed by atoms with van der Waals surface area (Å²) < 4.78 is 36.5. The first-order valence-electron chi connectivity index (χ1n) is 5.44. The van der Waals surface area contributed by atoms with Crippen molar-refractivity contribution in [3.8, 4) is 0 Å². The number of hydrogen-bond donors (Lipinski definition) is 2. The van der Waals surface area contributed by atoms with E-state index in [1.165, 1.54) is 6.92 Å². The average Bonchev–Trinajstić information content (AvgIpc) is 2.32. The van der Waals surface area contributed by atoms with Crippen LogP contribution in [0.25, 0.3) is 11.0 Å². The first-order chi connectivity index (χ1) is 9.25. The van der Waals surface area contributed by atoms with E-state index < -0.39 is 20.6 Å². The normalized spacial score (nSPS) is 11.7. The highest BCUT2D eigenvalue weighted by Gasteiger charge is 2.18. The van der Waals surface area contributed by atoms with Gasteiger partial charge >= 0.3 is 5.63 Å². The number of fused-ring (bicyclic) bond motifs is 1. The molecular formula is C12H10NO6S-. The van der Waals surface area contributed by atoms with Crippen molar-refractivity contribution in [2.75, 3.05) is 5.73 Å². The summed E-state index contributed by atoms with van der Waals surface area (Å²) in [6.45, 7) is 1.54.